The molecule has 0 saturated carbocycles. The Balaban J connectivity index is 1.44. The second-order valence-corrected chi connectivity index (χ2v) is 8.54. The van der Waals surface area contributed by atoms with Crippen LogP contribution in [-0.4, -0.2) is 63.5 Å². The van der Waals surface area contributed by atoms with E-state index in [1.165, 1.54) is 0 Å². The topological polar surface area (TPSA) is 57.0 Å². The maximum Gasteiger partial charge on any atom is 0.256 e. The van der Waals surface area contributed by atoms with E-state index >= 15 is 0 Å². The fraction of sp³-hybridized carbons (Fsp3) is 0.435. The number of hydrogen-bond acceptors (Lipinski definition) is 5. The molecule has 4 heterocycles. The Morgan fingerprint density at radius 2 is 1.73 bits per heavy atom. The highest BCUT2D eigenvalue weighted by Gasteiger charge is 2.32. The van der Waals surface area contributed by atoms with Crippen LogP contribution in [-0.2, 0) is 13.1 Å². The zero-order valence-electron chi connectivity index (χ0n) is 18.1. The number of amides is 1. The van der Waals surface area contributed by atoms with E-state index in [9.17, 15) is 4.79 Å². The maximum atomic E-state index is 13.5. The van der Waals surface area contributed by atoms with Crippen molar-refractivity contribution in [3.8, 4) is 0 Å². The Labute approximate surface area is 176 Å². The summed E-state index contributed by atoms with van der Waals surface area (Å²) in [6.07, 6.45) is 0. The summed E-state index contributed by atoms with van der Waals surface area (Å²) in [5, 5.41) is 4.79. The molecule has 0 spiro atoms. The number of para-hydroxylation sites is 1. The minimum Gasteiger partial charge on any atom is -0.368 e. The SMILES string of the molecule is Cc1nc2c3c(nn2c(C)c1C)CN(C(=O)c1ccccc1N1CCN(C)CC1)C3. The quantitative estimate of drug-likeness (QED) is 0.657. The van der Waals surface area contributed by atoms with E-state index in [-0.39, 0.29) is 5.91 Å². The number of fused-ring (bicyclic) bond motifs is 3. The van der Waals surface area contributed by atoms with Crippen LogP contribution in [0.1, 0.15) is 38.6 Å². The molecule has 3 aromatic rings. The second kappa shape index (κ2) is 7.09. The van der Waals surface area contributed by atoms with Gasteiger partial charge in [-0.1, -0.05) is 12.1 Å². The number of benzene rings is 1. The van der Waals surface area contributed by atoms with E-state index in [2.05, 4.69) is 36.8 Å². The first-order valence-corrected chi connectivity index (χ1v) is 10.6. The molecule has 156 valence electrons. The molecule has 1 aromatic carbocycles. The number of hydrogen-bond donors (Lipinski definition) is 0. The molecule has 0 bridgehead atoms. The first-order valence-electron chi connectivity index (χ1n) is 10.6. The van der Waals surface area contributed by atoms with Crippen molar-refractivity contribution in [3.63, 3.8) is 0 Å². The number of likely N-dealkylation sites (N-methyl/N-ethyl adjacent to an activating group) is 1. The lowest BCUT2D eigenvalue weighted by Gasteiger charge is -2.35. The van der Waals surface area contributed by atoms with E-state index in [0.717, 1.165) is 71.3 Å². The predicted molar refractivity (Wildman–Crippen MR) is 117 cm³/mol. The molecule has 2 aromatic heterocycles. The van der Waals surface area contributed by atoms with Crippen LogP contribution in [0.15, 0.2) is 24.3 Å². The molecule has 2 aliphatic rings. The lowest BCUT2D eigenvalue weighted by atomic mass is 10.1. The Hall–Kier alpha value is -2.93. The van der Waals surface area contributed by atoms with E-state index in [0.29, 0.717) is 13.1 Å². The molecular formula is C23H28N6O. The minimum absolute atomic E-state index is 0.0706. The number of rotatable bonds is 2. The van der Waals surface area contributed by atoms with Crippen LogP contribution in [0.3, 0.4) is 0 Å². The van der Waals surface area contributed by atoms with Gasteiger partial charge >= 0.3 is 0 Å². The van der Waals surface area contributed by atoms with Crippen LogP contribution in [0, 0.1) is 20.8 Å². The maximum absolute atomic E-state index is 13.5. The molecule has 0 N–H and O–H groups in total. The molecule has 0 unspecified atom stereocenters. The van der Waals surface area contributed by atoms with Crippen LogP contribution in [0.4, 0.5) is 5.69 Å². The molecule has 0 atom stereocenters. The smallest absolute Gasteiger partial charge is 0.256 e. The van der Waals surface area contributed by atoms with Gasteiger partial charge in [0.15, 0.2) is 5.65 Å². The number of carbonyl (C=O) groups is 1. The van der Waals surface area contributed by atoms with Gasteiger partial charge in [-0.15, -0.1) is 0 Å². The number of aromatic nitrogens is 3. The molecule has 1 amide bonds. The molecule has 1 fully saturated rings. The molecule has 30 heavy (non-hydrogen) atoms. The van der Waals surface area contributed by atoms with E-state index < -0.39 is 0 Å². The molecular weight excluding hydrogens is 376 g/mol. The highest BCUT2D eigenvalue weighted by molar-refractivity contribution is 6.00. The van der Waals surface area contributed by atoms with Gasteiger partial charge in [0.05, 0.1) is 24.3 Å². The largest absolute Gasteiger partial charge is 0.368 e. The monoisotopic (exact) mass is 404 g/mol. The molecule has 2 aliphatic heterocycles. The average Bonchev–Trinajstić information content (AvgIpc) is 3.31. The van der Waals surface area contributed by atoms with Gasteiger partial charge in [-0.3, -0.25) is 4.79 Å². The van der Waals surface area contributed by atoms with Crippen molar-refractivity contribution in [2.24, 2.45) is 0 Å². The molecule has 1 saturated heterocycles. The van der Waals surface area contributed by atoms with Gasteiger partial charge in [0.2, 0.25) is 0 Å². The lowest BCUT2D eigenvalue weighted by molar-refractivity contribution is 0.0750. The van der Waals surface area contributed by atoms with Gasteiger partial charge in [0, 0.05) is 48.8 Å². The summed E-state index contributed by atoms with van der Waals surface area (Å²) >= 11 is 0. The number of anilines is 1. The normalized spacial score (nSPS) is 17.1. The first kappa shape index (κ1) is 19.1. The third kappa shape index (κ3) is 2.96. The third-order valence-corrected chi connectivity index (χ3v) is 6.67. The zero-order chi connectivity index (χ0) is 21.0. The summed E-state index contributed by atoms with van der Waals surface area (Å²) in [4.78, 5) is 24.8. The third-order valence-electron chi connectivity index (χ3n) is 6.67. The van der Waals surface area contributed by atoms with Gasteiger partial charge in [-0.2, -0.15) is 5.10 Å². The van der Waals surface area contributed by atoms with Gasteiger partial charge in [-0.05, 0) is 45.5 Å². The summed E-state index contributed by atoms with van der Waals surface area (Å²) in [5.74, 6) is 0.0706. The number of nitrogens with zero attached hydrogens (tertiary/aromatic N) is 6. The summed E-state index contributed by atoms with van der Waals surface area (Å²) in [6, 6.07) is 8.00. The summed E-state index contributed by atoms with van der Waals surface area (Å²) < 4.78 is 1.94. The lowest BCUT2D eigenvalue weighted by Crippen LogP contribution is -2.45. The van der Waals surface area contributed by atoms with Gasteiger partial charge in [-0.25, -0.2) is 9.50 Å². The van der Waals surface area contributed by atoms with Crippen LogP contribution >= 0.6 is 0 Å². The fourth-order valence-corrected chi connectivity index (χ4v) is 4.51. The zero-order valence-corrected chi connectivity index (χ0v) is 18.1. The highest BCUT2D eigenvalue weighted by Crippen LogP contribution is 2.30. The summed E-state index contributed by atoms with van der Waals surface area (Å²) in [7, 11) is 2.14. The number of carbonyl (C=O) groups excluding carboxylic acids is 1. The summed E-state index contributed by atoms with van der Waals surface area (Å²) in [5.41, 5.74) is 8.03. The summed E-state index contributed by atoms with van der Waals surface area (Å²) in [6.45, 7) is 11.2. The van der Waals surface area contributed by atoms with E-state index in [4.69, 9.17) is 10.1 Å². The molecule has 7 nitrogen and oxygen atoms in total. The van der Waals surface area contributed by atoms with Crippen LogP contribution in [0.25, 0.3) is 5.65 Å². The standard InChI is InChI=1S/C23H28N6O/c1-15-16(2)24-22-19-13-28(14-20(19)25-29(22)17(15)3)23(30)18-7-5-6-8-21(18)27-11-9-26(4)10-12-27/h5-8H,9-14H2,1-4H3. The predicted octanol–water partition coefficient (Wildman–Crippen LogP) is 2.56. The Morgan fingerprint density at radius 1 is 1.00 bits per heavy atom. The van der Waals surface area contributed by atoms with E-state index in [1.807, 2.05) is 34.5 Å². The first-order chi connectivity index (χ1) is 14.4. The van der Waals surface area contributed by atoms with Crippen molar-refractivity contribution in [3.05, 3.63) is 58.0 Å². The Kier molecular flexibility index (Phi) is 4.50. The van der Waals surface area contributed by atoms with Crippen LogP contribution < -0.4 is 4.90 Å². The highest BCUT2D eigenvalue weighted by atomic mass is 16.2. The van der Waals surface area contributed by atoms with Crippen LogP contribution in [0.2, 0.25) is 0 Å². The molecule has 5 rings (SSSR count). The second-order valence-electron chi connectivity index (χ2n) is 8.54. The van der Waals surface area contributed by atoms with Gasteiger partial charge in [0.25, 0.3) is 5.91 Å². The fourth-order valence-electron chi connectivity index (χ4n) is 4.51. The molecule has 0 radical (unpaired) electrons. The van der Waals surface area contributed by atoms with Gasteiger partial charge < -0.3 is 14.7 Å². The Morgan fingerprint density at radius 3 is 2.50 bits per heavy atom. The minimum atomic E-state index is 0.0706. The van der Waals surface area contributed by atoms with Gasteiger partial charge in [0.1, 0.15) is 0 Å². The number of aryl methyl sites for hydroxylation is 2. The average molecular weight is 405 g/mol. The van der Waals surface area contributed by atoms with Crippen molar-refractivity contribution in [1.29, 1.82) is 0 Å². The van der Waals surface area contributed by atoms with Crippen LogP contribution in [0.5, 0.6) is 0 Å². The number of piperazine rings is 1. The van der Waals surface area contributed by atoms with Crippen molar-refractivity contribution < 1.29 is 4.79 Å². The molecule has 7 heteroatoms. The Bertz CT molecular complexity index is 1140. The van der Waals surface area contributed by atoms with Crippen molar-refractivity contribution in [2.75, 3.05) is 38.1 Å². The van der Waals surface area contributed by atoms with Crippen molar-refractivity contribution in [2.45, 2.75) is 33.9 Å². The van der Waals surface area contributed by atoms with E-state index in [1.54, 1.807) is 0 Å². The molecule has 0 aliphatic carbocycles. The van der Waals surface area contributed by atoms with Crippen molar-refractivity contribution in [1.82, 2.24) is 24.4 Å². The van der Waals surface area contributed by atoms with Crippen molar-refractivity contribution >= 4 is 17.2 Å².